The molecule has 2 heterocycles. The number of carbonyl (C=O) groups is 1. The maximum absolute atomic E-state index is 11.9. The van der Waals surface area contributed by atoms with Crippen molar-refractivity contribution in [3.63, 3.8) is 0 Å². The van der Waals surface area contributed by atoms with Gasteiger partial charge in [0.25, 0.3) is 0 Å². The summed E-state index contributed by atoms with van der Waals surface area (Å²) < 4.78 is 11.0. The predicted octanol–water partition coefficient (Wildman–Crippen LogP) is 1.40. The highest BCUT2D eigenvalue weighted by atomic mass is 16.5. The zero-order valence-corrected chi connectivity index (χ0v) is 14.3. The lowest BCUT2D eigenvalue weighted by molar-refractivity contribution is -0.0457. The van der Waals surface area contributed by atoms with E-state index >= 15 is 0 Å². The molecule has 0 spiro atoms. The van der Waals surface area contributed by atoms with Gasteiger partial charge in [-0.05, 0) is 43.5 Å². The standard InChI is InChI=1S/C18H27N3O3/c1-23-16-6-4-14(5-7-16)8-9-19-18(22)20-11-17-12-21-10-2-3-15(21)13-24-17/h4-7,15,17H,2-3,8-13H2,1H3,(H2,19,20,22). The molecule has 2 aliphatic rings. The number of hydrogen-bond acceptors (Lipinski definition) is 4. The van der Waals surface area contributed by atoms with Gasteiger partial charge in [0.15, 0.2) is 0 Å². The largest absolute Gasteiger partial charge is 0.497 e. The van der Waals surface area contributed by atoms with Crippen molar-refractivity contribution in [2.75, 3.05) is 39.9 Å². The number of ether oxygens (including phenoxy) is 2. The van der Waals surface area contributed by atoms with Gasteiger partial charge in [-0.25, -0.2) is 4.79 Å². The third-order valence-electron chi connectivity index (χ3n) is 4.81. The Hall–Kier alpha value is -1.79. The second kappa shape index (κ2) is 8.35. The van der Waals surface area contributed by atoms with Crippen molar-refractivity contribution in [2.45, 2.75) is 31.4 Å². The maximum atomic E-state index is 11.9. The third kappa shape index (κ3) is 4.61. The molecule has 0 aromatic heterocycles. The number of nitrogens with one attached hydrogen (secondary N) is 2. The van der Waals surface area contributed by atoms with Crippen LogP contribution in [0.25, 0.3) is 0 Å². The summed E-state index contributed by atoms with van der Waals surface area (Å²) in [6.07, 6.45) is 3.41. The van der Waals surface area contributed by atoms with Crippen molar-refractivity contribution in [2.24, 2.45) is 0 Å². The molecule has 24 heavy (non-hydrogen) atoms. The number of morpholine rings is 1. The molecule has 6 heteroatoms. The zero-order chi connectivity index (χ0) is 16.8. The van der Waals surface area contributed by atoms with Gasteiger partial charge in [-0.15, -0.1) is 0 Å². The molecule has 1 aromatic carbocycles. The summed E-state index contributed by atoms with van der Waals surface area (Å²) in [5.41, 5.74) is 1.17. The summed E-state index contributed by atoms with van der Waals surface area (Å²) in [5.74, 6) is 0.845. The van der Waals surface area contributed by atoms with Crippen LogP contribution in [-0.2, 0) is 11.2 Å². The first-order chi connectivity index (χ1) is 11.7. The molecule has 2 amide bonds. The van der Waals surface area contributed by atoms with Crippen LogP contribution in [0.4, 0.5) is 4.79 Å². The summed E-state index contributed by atoms with van der Waals surface area (Å²) >= 11 is 0. The Kier molecular flexibility index (Phi) is 5.93. The van der Waals surface area contributed by atoms with Crippen LogP contribution in [0.15, 0.2) is 24.3 Å². The smallest absolute Gasteiger partial charge is 0.314 e. The van der Waals surface area contributed by atoms with Gasteiger partial charge in [-0.1, -0.05) is 12.1 Å². The number of hydrogen-bond donors (Lipinski definition) is 2. The van der Waals surface area contributed by atoms with Crippen molar-refractivity contribution >= 4 is 6.03 Å². The fourth-order valence-electron chi connectivity index (χ4n) is 3.39. The average Bonchev–Trinajstić information content (AvgIpc) is 3.08. The lowest BCUT2D eigenvalue weighted by atomic mass is 10.1. The highest BCUT2D eigenvalue weighted by molar-refractivity contribution is 5.73. The molecule has 2 unspecified atom stereocenters. The number of rotatable bonds is 6. The van der Waals surface area contributed by atoms with Crippen LogP contribution in [-0.4, -0.2) is 63.0 Å². The van der Waals surface area contributed by atoms with E-state index in [0.29, 0.717) is 19.1 Å². The number of fused-ring (bicyclic) bond motifs is 1. The van der Waals surface area contributed by atoms with E-state index in [1.807, 2.05) is 24.3 Å². The number of methoxy groups -OCH3 is 1. The quantitative estimate of drug-likeness (QED) is 0.826. The first kappa shape index (κ1) is 17.0. The van der Waals surface area contributed by atoms with Gasteiger partial charge in [-0.3, -0.25) is 4.90 Å². The third-order valence-corrected chi connectivity index (χ3v) is 4.81. The van der Waals surface area contributed by atoms with Crippen molar-refractivity contribution in [3.8, 4) is 5.75 Å². The molecular formula is C18H27N3O3. The Morgan fingerprint density at radius 1 is 1.33 bits per heavy atom. The van der Waals surface area contributed by atoms with Crippen molar-refractivity contribution in [1.82, 2.24) is 15.5 Å². The Morgan fingerprint density at radius 3 is 2.96 bits per heavy atom. The van der Waals surface area contributed by atoms with E-state index < -0.39 is 0 Å². The summed E-state index contributed by atoms with van der Waals surface area (Å²) in [6.45, 7) is 4.07. The first-order valence-electron chi connectivity index (χ1n) is 8.75. The minimum absolute atomic E-state index is 0.103. The molecule has 2 N–H and O–H groups in total. The highest BCUT2D eigenvalue weighted by Crippen LogP contribution is 2.22. The summed E-state index contributed by atoms with van der Waals surface area (Å²) in [7, 11) is 1.65. The van der Waals surface area contributed by atoms with E-state index in [-0.39, 0.29) is 12.1 Å². The lowest BCUT2D eigenvalue weighted by Gasteiger charge is -2.35. The van der Waals surface area contributed by atoms with Gasteiger partial charge in [0, 0.05) is 25.7 Å². The molecule has 2 saturated heterocycles. The van der Waals surface area contributed by atoms with E-state index in [1.54, 1.807) is 7.11 Å². The first-order valence-corrected chi connectivity index (χ1v) is 8.75. The number of nitrogens with zero attached hydrogens (tertiary/aromatic N) is 1. The van der Waals surface area contributed by atoms with Crippen molar-refractivity contribution in [1.29, 1.82) is 0 Å². The molecule has 3 rings (SSSR count). The number of amides is 2. The Balaban J connectivity index is 1.31. The molecule has 2 atom stereocenters. The van der Waals surface area contributed by atoms with Gasteiger partial charge in [0.05, 0.1) is 19.8 Å². The van der Waals surface area contributed by atoms with E-state index in [9.17, 15) is 4.79 Å². The van der Waals surface area contributed by atoms with Crippen LogP contribution in [0, 0.1) is 0 Å². The summed E-state index contributed by atoms with van der Waals surface area (Å²) in [5, 5.41) is 5.81. The van der Waals surface area contributed by atoms with Crippen molar-refractivity contribution in [3.05, 3.63) is 29.8 Å². The fraction of sp³-hybridized carbons (Fsp3) is 0.611. The van der Waals surface area contributed by atoms with Crippen LogP contribution in [0.2, 0.25) is 0 Å². The van der Waals surface area contributed by atoms with Gasteiger partial charge < -0.3 is 20.1 Å². The zero-order valence-electron chi connectivity index (χ0n) is 14.3. The SMILES string of the molecule is COc1ccc(CCNC(=O)NCC2CN3CCCC3CO2)cc1. The van der Waals surface area contributed by atoms with Crippen LogP contribution in [0.5, 0.6) is 5.75 Å². The van der Waals surface area contributed by atoms with E-state index in [0.717, 1.165) is 25.3 Å². The fourth-order valence-corrected chi connectivity index (χ4v) is 3.39. The molecule has 6 nitrogen and oxygen atoms in total. The molecule has 132 valence electrons. The van der Waals surface area contributed by atoms with Gasteiger partial charge in [0.2, 0.25) is 0 Å². The Morgan fingerprint density at radius 2 is 2.17 bits per heavy atom. The Bertz CT molecular complexity index is 535. The molecule has 2 aliphatic heterocycles. The monoisotopic (exact) mass is 333 g/mol. The number of benzene rings is 1. The minimum Gasteiger partial charge on any atom is -0.497 e. The maximum Gasteiger partial charge on any atom is 0.314 e. The molecule has 0 aliphatic carbocycles. The van der Waals surface area contributed by atoms with E-state index in [2.05, 4.69) is 15.5 Å². The van der Waals surface area contributed by atoms with Crippen LogP contribution in [0.1, 0.15) is 18.4 Å². The van der Waals surface area contributed by atoms with Crippen molar-refractivity contribution < 1.29 is 14.3 Å². The molecule has 0 radical (unpaired) electrons. The number of carbonyl (C=O) groups excluding carboxylic acids is 1. The van der Waals surface area contributed by atoms with Crippen LogP contribution >= 0.6 is 0 Å². The van der Waals surface area contributed by atoms with Gasteiger partial charge in [0.1, 0.15) is 5.75 Å². The Labute approximate surface area is 143 Å². The summed E-state index contributed by atoms with van der Waals surface area (Å²) in [4.78, 5) is 14.4. The normalized spacial score (nSPS) is 23.5. The van der Waals surface area contributed by atoms with Gasteiger partial charge >= 0.3 is 6.03 Å². The molecule has 0 saturated carbocycles. The van der Waals surface area contributed by atoms with E-state index in [1.165, 1.54) is 24.9 Å². The van der Waals surface area contributed by atoms with Crippen LogP contribution < -0.4 is 15.4 Å². The van der Waals surface area contributed by atoms with Gasteiger partial charge in [-0.2, -0.15) is 0 Å². The average molecular weight is 333 g/mol. The minimum atomic E-state index is -0.129. The van der Waals surface area contributed by atoms with E-state index in [4.69, 9.17) is 9.47 Å². The van der Waals surface area contributed by atoms with Crippen LogP contribution in [0.3, 0.4) is 0 Å². The second-order valence-electron chi connectivity index (χ2n) is 6.48. The lowest BCUT2D eigenvalue weighted by Crippen LogP contribution is -2.51. The predicted molar refractivity (Wildman–Crippen MR) is 92.4 cm³/mol. The molecular weight excluding hydrogens is 306 g/mol. The molecule has 1 aromatic rings. The molecule has 2 fully saturated rings. The summed E-state index contributed by atoms with van der Waals surface area (Å²) in [6, 6.07) is 8.36. The highest BCUT2D eigenvalue weighted by Gasteiger charge is 2.32. The topological polar surface area (TPSA) is 62.8 Å². The molecule has 0 bridgehead atoms. The number of urea groups is 1. The second-order valence-corrected chi connectivity index (χ2v) is 6.48.